The average molecular weight is 355 g/mol. The first-order valence-electron chi connectivity index (χ1n) is 4.85. The molecule has 0 atom stereocenters. The van der Waals surface area contributed by atoms with Gasteiger partial charge in [0.05, 0.1) is 15.8 Å². The van der Waals surface area contributed by atoms with Gasteiger partial charge < -0.3 is 0 Å². The summed E-state index contributed by atoms with van der Waals surface area (Å²) < 4.78 is 44.6. The summed E-state index contributed by atoms with van der Waals surface area (Å²) in [6.07, 6.45) is 0. The molecule has 20 heavy (non-hydrogen) atoms. The Morgan fingerprint density at radius 1 is 1.30 bits per heavy atom. The van der Waals surface area contributed by atoms with Gasteiger partial charge in [-0.05, 0) is 30.3 Å². The fourth-order valence-electron chi connectivity index (χ4n) is 1.26. The third-order valence-corrected chi connectivity index (χ3v) is 5.67. The Balaban J connectivity index is 0.00000200. The summed E-state index contributed by atoms with van der Waals surface area (Å²) in [6, 6.07) is 8.60. The fraction of sp³-hybridized carbons (Fsp3) is 0. The van der Waals surface area contributed by atoms with Crippen molar-refractivity contribution in [2.24, 2.45) is 0 Å². The standard InChI is InChI=1S/C11H6FNO3S3.K.H/c12-8-5-7(6-13)1-2-9(8)17-10-3-4-11(18-10)19(14,15)16;;/h1-5H,(H,14,15,16);;. The molecule has 1 aromatic carbocycles. The van der Waals surface area contributed by atoms with Gasteiger partial charge in [-0.15, -0.1) is 11.3 Å². The molecule has 9 heteroatoms. The Morgan fingerprint density at radius 3 is 2.50 bits per heavy atom. The third kappa shape index (κ3) is 4.62. The van der Waals surface area contributed by atoms with Crippen LogP contribution in [0.5, 0.6) is 0 Å². The molecule has 1 N–H and O–H groups in total. The minimum absolute atomic E-state index is 0. The maximum absolute atomic E-state index is 13.6. The van der Waals surface area contributed by atoms with Crippen LogP contribution in [-0.2, 0) is 10.1 Å². The van der Waals surface area contributed by atoms with Gasteiger partial charge in [-0.2, -0.15) is 13.7 Å². The molecular weight excluding hydrogens is 348 g/mol. The van der Waals surface area contributed by atoms with E-state index in [1.165, 1.54) is 24.3 Å². The Labute approximate surface area is 166 Å². The van der Waals surface area contributed by atoms with Crippen LogP contribution in [0.3, 0.4) is 0 Å². The molecule has 0 radical (unpaired) electrons. The molecule has 0 spiro atoms. The zero-order valence-corrected chi connectivity index (χ0v) is 11.6. The molecule has 0 aliphatic rings. The van der Waals surface area contributed by atoms with Gasteiger partial charge in [-0.3, -0.25) is 4.55 Å². The van der Waals surface area contributed by atoms with Gasteiger partial charge >= 0.3 is 61.5 Å². The van der Waals surface area contributed by atoms with Gasteiger partial charge in [0.15, 0.2) is 0 Å². The molecule has 0 aliphatic heterocycles. The molecule has 0 amide bonds. The molecule has 0 aliphatic carbocycles. The summed E-state index contributed by atoms with van der Waals surface area (Å²) >= 11 is 1.88. The van der Waals surface area contributed by atoms with Gasteiger partial charge in [0.25, 0.3) is 0 Å². The minimum atomic E-state index is -4.23. The van der Waals surface area contributed by atoms with Gasteiger partial charge in [0.1, 0.15) is 10.0 Å². The van der Waals surface area contributed by atoms with E-state index in [1.54, 1.807) is 0 Å². The van der Waals surface area contributed by atoms with Crippen LogP contribution < -0.4 is 0 Å². The van der Waals surface area contributed by atoms with Crippen molar-refractivity contribution < 1.29 is 17.4 Å². The number of hydrogen-bond donors (Lipinski definition) is 1. The number of benzene rings is 1. The molecule has 0 fully saturated rings. The van der Waals surface area contributed by atoms with Crippen molar-refractivity contribution in [2.45, 2.75) is 13.3 Å². The molecule has 1 aromatic heterocycles. The van der Waals surface area contributed by atoms with Crippen molar-refractivity contribution in [2.75, 3.05) is 0 Å². The van der Waals surface area contributed by atoms with Crippen molar-refractivity contribution in [3.8, 4) is 6.07 Å². The van der Waals surface area contributed by atoms with E-state index in [9.17, 15) is 12.8 Å². The summed E-state index contributed by atoms with van der Waals surface area (Å²) in [6.45, 7) is 0. The summed E-state index contributed by atoms with van der Waals surface area (Å²) in [5.41, 5.74) is 0.214. The van der Waals surface area contributed by atoms with Crippen molar-refractivity contribution in [3.05, 3.63) is 41.7 Å². The molecule has 100 valence electrons. The van der Waals surface area contributed by atoms with E-state index in [0.29, 0.717) is 4.21 Å². The SMILES string of the molecule is N#Cc1ccc(Sc2ccc(S(=O)(=O)O)s2)c(F)c1.[KH]. The summed E-state index contributed by atoms with van der Waals surface area (Å²) in [5.74, 6) is -0.550. The van der Waals surface area contributed by atoms with E-state index in [2.05, 4.69) is 0 Å². The third-order valence-electron chi connectivity index (χ3n) is 2.08. The Hall–Kier alpha value is 0.236. The summed E-state index contributed by atoms with van der Waals surface area (Å²) in [5, 5.41) is 8.62. The molecule has 0 bridgehead atoms. The predicted molar refractivity (Wildman–Crippen MR) is 76.5 cm³/mol. The van der Waals surface area contributed by atoms with Crippen LogP contribution in [0.4, 0.5) is 4.39 Å². The molecule has 0 saturated heterocycles. The molecule has 2 aromatic rings. The molecule has 0 saturated carbocycles. The van der Waals surface area contributed by atoms with Crippen LogP contribution >= 0.6 is 23.1 Å². The molecule has 2 rings (SSSR count). The first-order chi connectivity index (χ1) is 8.90. The normalized spacial score (nSPS) is 10.7. The average Bonchev–Trinajstić information content (AvgIpc) is 2.80. The molecule has 1 heterocycles. The molecule has 0 unspecified atom stereocenters. The number of thiophene rings is 1. The molecule has 4 nitrogen and oxygen atoms in total. The summed E-state index contributed by atoms with van der Waals surface area (Å²) in [4.78, 5) is 0.280. The van der Waals surface area contributed by atoms with Crippen molar-refractivity contribution in [1.82, 2.24) is 0 Å². The van der Waals surface area contributed by atoms with Gasteiger partial charge in [0, 0.05) is 4.90 Å². The predicted octanol–water partition coefficient (Wildman–Crippen LogP) is 2.51. The van der Waals surface area contributed by atoms with E-state index >= 15 is 0 Å². The number of rotatable bonds is 3. The maximum atomic E-state index is 13.6. The number of halogens is 1. The first kappa shape index (κ1) is 18.3. The van der Waals surface area contributed by atoms with E-state index < -0.39 is 15.9 Å². The van der Waals surface area contributed by atoms with Crippen LogP contribution in [0, 0.1) is 17.1 Å². The zero-order chi connectivity index (χ0) is 14.0. The van der Waals surface area contributed by atoms with Crippen molar-refractivity contribution in [3.63, 3.8) is 0 Å². The first-order valence-corrected chi connectivity index (χ1v) is 7.92. The second kappa shape index (κ2) is 7.48. The van der Waals surface area contributed by atoms with Crippen LogP contribution in [0.2, 0.25) is 0 Å². The van der Waals surface area contributed by atoms with E-state index in [-0.39, 0.29) is 66.1 Å². The topological polar surface area (TPSA) is 78.2 Å². The quantitative estimate of drug-likeness (QED) is 0.676. The Kier molecular flexibility index (Phi) is 6.84. The Bertz CT molecular complexity index is 767. The van der Waals surface area contributed by atoms with Crippen molar-refractivity contribution >= 4 is 84.6 Å². The number of hydrogen-bond acceptors (Lipinski definition) is 5. The number of nitriles is 1. The second-order valence-electron chi connectivity index (χ2n) is 3.41. The van der Waals surface area contributed by atoms with E-state index in [0.717, 1.165) is 29.2 Å². The van der Waals surface area contributed by atoms with Gasteiger partial charge in [-0.1, -0.05) is 11.8 Å². The van der Waals surface area contributed by atoms with E-state index in [4.69, 9.17) is 9.81 Å². The van der Waals surface area contributed by atoms with Crippen LogP contribution in [0.15, 0.2) is 43.6 Å². The van der Waals surface area contributed by atoms with E-state index in [1.807, 2.05) is 6.07 Å². The van der Waals surface area contributed by atoms with Gasteiger partial charge in [0.2, 0.25) is 0 Å². The zero-order valence-electron chi connectivity index (χ0n) is 9.20. The second-order valence-corrected chi connectivity index (χ2v) is 7.48. The van der Waals surface area contributed by atoms with Gasteiger partial charge in [-0.25, -0.2) is 4.39 Å². The fourth-order valence-corrected chi connectivity index (χ4v) is 4.17. The molecular formula is C11H7FKNO3S3. The van der Waals surface area contributed by atoms with Crippen LogP contribution in [0.1, 0.15) is 5.56 Å². The Morgan fingerprint density at radius 2 is 2.00 bits per heavy atom. The summed E-state index contributed by atoms with van der Waals surface area (Å²) in [7, 11) is -4.23. The number of nitrogens with zero attached hydrogens (tertiary/aromatic N) is 1. The van der Waals surface area contributed by atoms with Crippen LogP contribution in [0.25, 0.3) is 0 Å². The monoisotopic (exact) mass is 355 g/mol. The van der Waals surface area contributed by atoms with Crippen molar-refractivity contribution in [1.29, 1.82) is 5.26 Å². The van der Waals surface area contributed by atoms with Crippen LogP contribution in [-0.4, -0.2) is 64.4 Å².